The summed E-state index contributed by atoms with van der Waals surface area (Å²) < 4.78 is 19.3. The van der Waals surface area contributed by atoms with E-state index in [4.69, 9.17) is 14.7 Å². The van der Waals surface area contributed by atoms with Crippen molar-refractivity contribution in [3.63, 3.8) is 0 Å². The van der Waals surface area contributed by atoms with Crippen LogP contribution in [-0.2, 0) is 16.6 Å². The predicted molar refractivity (Wildman–Crippen MR) is 139 cm³/mol. The Labute approximate surface area is 213 Å². The molecular weight excluding hydrogens is 457 g/mol. The van der Waals surface area contributed by atoms with Crippen LogP contribution in [-0.4, -0.2) is 53.2 Å². The first kappa shape index (κ1) is 24.8. The lowest BCUT2D eigenvalue weighted by atomic mass is 9.82. The zero-order valence-electron chi connectivity index (χ0n) is 22.3. The second-order valence-electron chi connectivity index (χ2n) is 12.2. The number of carbonyl (C=O) groups excluding carboxylic acids is 1. The normalized spacial score (nSPS) is 24.6. The van der Waals surface area contributed by atoms with Crippen molar-refractivity contribution in [3.8, 4) is 0 Å². The summed E-state index contributed by atoms with van der Waals surface area (Å²) in [6.07, 6.45) is 2.82. The lowest BCUT2D eigenvalue weighted by Gasteiger charge is -2.38. The molecule has 2 bridgehead atoms. The summed E-state index contributed by atoms with van der Waals surface area (Å²) in [5.74, 6) is 3.65. The molecule has 1 amide bonds. The molecule has 3 heterocycles. The molecule has 1 aliphatic carbocycles. The van der Waals surface area contributed by atoms with Crippen LogP contribution >= 0.6 is 0 Å². The fourth-order valence-electron chi connectivity index (χ4n) is 6.32. The quantitative estimate of drug-likeness (QED) is 0.602. The average molecular weight is 496 g/mol. The molecule has 1 saturated carbocycles. The van der Waals surface area contributed by atoms with Crippen LogP contribution in [0.15, 0.2) is 24.3 Å². The van der Waals surface area contributed by atoms with Gasteiger partial charge in [0.15, 0.2) is 0 Å². The summed E-state index contributed by atoms with van der Waals surface area (Å²) in [7, 11) is 1.91. The number of nitrogens with one attached hydrogen (secondary N) is 1. The first-order chi connectivity index (χ1) is 16.9. The molecule has 2 atom stereocenters. The molecule has 8 heteroatoms. The van der Waals surface area contributed by atoms with Crippen LogP contribution in [0.1, 0.15) is 58.8 Å². The standard InChI is InChI=1S/C28H38FN5O2/c1-27(2,3)36-26(35)33-14-17-7-8-18(15-33)21(17)13-22-31-24(30-6)23-25(32-22)34(16-28(23,4)5)20-11-9-19(29)10-12-20/h9-12,17-18,21H,7-8,13-16H2,1-6H3,(H,30,31,32). The molecule has 36 heavy (non-hydrogen) atoms. The van der Waals surface area contributed by atoms with E-state index in [0.717, 1.165) is 67.6 Å². The number of fused-ring (bicyclic) bond motifs is 3. The van der Waals surface area contributed by atoms with E-state index in [0.29, 0.717) is 17.8 Å². The van der Waals surface area contributed by atoms with Gasteiger partial charge in [-0.05, 0) is 75.6 Å². The van der Waals surface area contributed by atoms with Gasteiger partial charge in [-0.15, -0.1) is 0 Å². The number of halogens is 1. The molecule has 0 spiro atoms. The van der Waals surface area contributed by atoms with Crippen molar-refractivity contribution in [2.24, 2.45) is 17.8 Å². The molecule has 3 aliphatic rings. The van der Waals surface area contributed by atoms with E-state index in [-0.39, 0.29) is 17.3 Å². The van der Waals surface area contributed by atoms with Gasteiger partial charge in [0.05, 0.1) is 0 Å². The van der Waals surface area contributed by atoms with Crippen LogP contribution in [0.5, 0.6) is 0 Å². The zero-order valence-corrected chi connectivity index (χ0v) is 22.3. The number of amides is 1. The minimum atomic E-state index is -0.487. The number of benzene rings is 1. The van der Waals surface area contributed by atoms with E-state index in [1.54, 1.807) is 0 Å². The molecule has 2 aromatic rings. The van der Waals surface area contributed by atoms with E-state index in [9.17, 15) is 9.18 Å². The summed E-state index contributed by atoms with van der Waals surface area (Å²) >= 11 is 0. The third-order valence-corrected chi connectivity index (χ3v) is 7.90. The summed E-state index contributed by atoms with van der Waals surface area (Å²) in [6, 6.07) is 6.62. The number of likely N-dealkylation sites (tertiary alicyclic amines) is 1. The van der Waals surface area contributed by atoms with Gasteiger partial charge in [0.1, 0.15) is 28.9 Å². The van der Waals surface area contributed by atoms with E-state index in [1.165, 1.54) is 12.1 Å². The van der Waals surface area contributed by atoms with Crippen molar-refractivity contribution in [3.05, 3.63) is 41.5 Å². The lowest BCUT2D eigenvalue weighted by molar-refractivity contribution is 0.00787. The minimum Gasteiger partial charge on any atom is -0.444 e. The molecule has 5 rings (SSSR count). The van der Waals surface area contributed by atoms with Crippen molar-refractivity contribution in [1.82, 2.24) is 14.9 Å². The van der Waals surface area contributed by atoms with E-state index < -0.39 is 5.60 Å². The Balaban J connectivity index is 1.41. The molecule has 7 nitrogen and oxygen atoms in total. The van der Waals surface area contributed by atoms with Crippen molar-refractivity contribution in [1.29, 1.82) is 0 Å². The number of hydrogen-bond acceptors (Lipinski definition) is 6. The van der Waals surface area contributed by atoms with Crippen LogP contribution in [0.2, 0.25) is 0 Å². The highest BCUT2D eigenvalue weighted by atomic mass is 19.1. The number of nitrogens with zero attached hydrogens (tertiary/aromatic N) is 4. The van der Waals surface area contributed by atoms with Crippen LogP contribution < -0.4 is 10.2 Å². The molecule has 1 saturated heterocycles. The Morgan fingerprint density at radius 1 is 1.14 bits per heavy atom. The van der Waals surface area contributed by atoms with Gasteiger partial charge in [-0.2, -0.15) is 0 Å². The summed E-state index contributed by atoms with van der Waals surface area (Å²) in [6.45, 7) is 12.3. The Morgan fingerprint density at radius 3 is 2.36 bits per heavy atom. The van der Waals surface area contributed by atoms with Gasteiger partial charge in [-0.3, -0.25) is 0 Å². The van der Waals surface area contributed by atoms with Crippen LogP contribution in [0.4, 0.5) is 26.5 Å². The first-order valence-electron chi connectivity index (χ1n) is 13.1. The fraction of sp³-hybridized carbons (Fsp3) is 0.607. The Kier molecular flexibility index (Phi) is 6.12. The van der Waals surface area contributed by atoms with Crippen molar-refractivity contribution in [2.75, 3.05) is 36.9 Å². The topological polar surface area (TPSA) is 70.6 Å². The van der Waals surface area contributed by atoms with Gasteiger partial charge in [-0.1, -0.05) is 13.8 Å². The molecule has 1 aromatic heterocycles. The zero-order chi connectivity index (χ0) is 25.8. The number of anilines is 3. The van der Waals surface area contributed by atoms with Crippen LogP contribution in [0.3, 0.4) is 0 Å². The molecule has 0 radical (unpaired) electrons. The maximum Gasteiger partial charge on any atom is 0.410 e. The van der Waals surface area contributed by atoms with Crippen LogP contribution in [0.25, 0.3) is 0 Å². The molecule has 194 valence electrons. The SMILES string of the molecule is CNc1nc(CC2C3CCC2CN(C(=O)OC(C)(C)C)C3)nc2c1C(C)(C)CN2c1ccc(F)cc1. The third kappa shape index (κ3) is 4.62. The van der Waals surface area contributed by atoms with E-state index in [2.05, 4.69) is 24.1 Å². The van der Waals surface area contributed by atoms with Gasteiger partial charge < -0.3 is 19.9 Å². The number of hydrogen-bond donors (Lipinski definition) is 1. The molecular formula is C28H38FN5O2. The van der Waals surface area contributed by atoms with E-state index >= 15 is 0 Å². The van der Waals surface area contributed by atoms with Gasteiger partial charge >= 0.3 is 6.09 Å². The van der Waals surface area contributed by atoms with Gasteiger partial charge in [0.25, 0.3) is 0 Å². The number of carbonyl (C=O) groups is 1. The predicted octanol–water partition coefficient (Wildman–Crippen LogP) is 5.52. The number of rotatable bonds is 4. The Morgan fingerprint density at radius 2 is 1.78 bits per heavy atom. The van der Waals surface area contributed by atoms with Gasteiger partial charge in [-0.25, -0.2) is 19.2 Å². The minimum absolute atomic E-state index is 0.154. The average Bonchev–Trinajstić information content (AvgIpc) is 3.19. The fourth-order valence-corrected chi connectivity index (χ4v) is 6.32. The third-order valence-electron chi connectivity index (χ3n) is 7.90. The highest BCUT2D eigenvalue weighted by Crippen LogP contribution is 2.48. The second kappa shape index (κ2) is 8.89. The first-order valence-corrected chi connectivity index (χ1v) is 13.1. The summed E-state index contributed by atoms with van der Waals surface area (Å²) in [5, 5.41) is 3.32. The monoisotopic (exact) mass is 495 g/mol. The van der Waals surface area contributed by atoms with Crippen molar-refractivity contribution < 1.29 is 13.9 Å². The number of piperidine rings is 1. The summed E-state index contributed by atoms with van der Waals surface area (Å²) in [5.41, 5.74) is 1.39. The highest BCUT2D eigenvalue weighted by Gasteiger charge is 2.45. The molecule has 1 N–H and O–H groups in total. The van der Waals surface area contributed by atoms with Gasteiger partial charge in [0, 0.05) is 49.8 Å². The molecule has 2 aliphatic heterocycles. The maximum absolute atomic E-state index is 13.6. The number of ether oxygens (including phenoxy) is 1. The van der Waals surface area contributed by atoms with Crippen molar-refractivity contribution >= 4 is 23.4 Å². The maximum atomic E-state index is 13.6. The Hall–Kier alpha value is -2.90. The van der Waals surface area contributed by atoms with Crippen LogP contribution in [0, 0.1) is 23.6 Å². The second-order valence-corrected chi connectivity index (χ2v) is 12.2. The van der Waals surface area contributed by atoms with E-state index in [1.807, 2.05) is 44.9 Å². The highest BCUT2D eigenvalue weighted by molar-refractivity contribution is 5.74. The smallest absolute Gasteiger partial charge is 0.410 e. The summed E-state index contributed by atoms with van der Waals surface area (Å²) in [4.78, 5) is 26.9. The number of aromatic nitrogens is 2. The lowest BCUT2D eigenvalue weighted by Crippen LogP contribution is -2.47. The largest absolute Gasteiger partial charge is 0.444 e. The molecule has 1 aromatic carbocycles. The van der Waals surface area contributed by atoms with Gasteiger partial charge in [0.2, 0.25) is 0 Å². The Bertz CT molecular complexity index is 1130. The molecule has 2 fully saturated rings. The van der Waals surface area contributed by atoms with Crippen molar-refractivity contribution in [2.45, 2.75) is 64.9 Å². The molecule has 2 unspecified atom stereocenters.